The number of rotatable bonds is 5. The van der Waals surface area contributed by atoms with Gasteiger partial charge in [0.25, 0.3) is 11.8 Å². The number of thioether (sulfide) groups is 1. The number of likely N-dealkylation sites (tertiary alicyclic amines) is 1. The molecule has 138 valence electrons. The van der Waals surface area contributed by atoms with Crippen LogP contribution >= 0.6 is 11.8 Å². The van der Waals surface area contributed by atoms with Crippen molar-refractivity contribution in [2.24, 2.45) is 0 Å². The number of piperidine rings is 1. The molecular formula is C18H21N3O4S. The number of benzene rings is 1. The van der Waals surface area contributed by atoms with Crippen LogP contribution in [0.2, 0.25) is 0 Å². The fourth-order valence-corrected chi connectivity index (χ4v) is 3.56. The first-order valence-corrected chi connectivity index (χ1v) is 9.26. The molecule has 0 aromatic heterocycles. The zero-order valence-electron chi connectivity index (χ0n) is 14.5. The summed E-state index contributed by atoms with van der Waals surface area (Å²) in [5.74, 6) is 0.669. The second-order valence-corrected chi connectivity index (χ2v) is 7.09. The lowest BCUT2D eigenvalue weighted by Gasteiger charge is -2.26. The van der Waals surface area contributed by atoms with Gasteiger partial charge in [0.1, 0.15) is 0 Å². The van der Waals surface area contributed by atoms with Crippen molar-refractivity contribution in [2.75, 3.05) is 26.8 Å². The van der Waals surface area contributed by atoms with Crippen LogP contribution in [0.4, 0.5) is 0 Å². The maximum Gasteiger partial charge on any atom is 0.264 e. The standard InChI is InChI=1S/C18H21N3O4S/c1-24-14-9-12(10-15-17(23)20-18(19)26-15)5-6-13(14)25-11-16(22)21-7-3-2-4-8-21/h5-6,9-10H,2-4,7-8,11H2,1H3,(H2,19,20,23)/b15-10-. The molecule has 2 aliphatic rings. The molecule has 3 rings (SSSR count). The minimum atomic E-state index is -0.286. The number of methoxy groups -OCH3 is 1. The highest BCUT2D eigenvalue weighted by Gasteiger charge is 2.22. The molecule has 1 aromatic carbocycles. The minimum Gasteiger partial charge on any atom is -0.493 e. The summed E-state index contributed by atoms with van der Waals surface area (Å²) in [6.07, 6.45) is 4.95. The van der Waals surface area contributed by atoms with Crippen LogP contribution in [0.25, 0.3) is 6.08 Å². The van der Waals surface area contributed by atoms with Crippen molar-refractivity contribution in [1.82, 2.24) is 10.2 Å². The quantitative estimate of drug-likeness (QED) is 0.770. The molecule has 0 atom stereocenters. The van der Waals surface area contributed by atoms with E-state index in [2.05, 4.69) is 5.32 Å². The molecule has 0 saturated carbocycles. The molecule has 2 saturated heterocycles. The number of carbonyl (C=O) groups is 2. The Morgan fingerprint density at radius 1 is 1.31 bits per heavy atom. The Kier molecular flexibility index (Phi) is 5.82. The number of hydrogen-bond acceptors (Lipinski definition) is 6. The summed E-state index contributed by atoms with van der Waals surface area (Å²) in [4.78, 5) is 26.2. The van der Waals surface area contributed by atoms with Crippen molar-refractivity contribution >= 4 is 34.8 Å². The average molecular weight is 375 g/mol. The van der Waals surface area contributed by atoms with Gasteiger partial charge in [-0.25, -0.2) is 0 Å². The van der Waals surface area contributed by atoms with Crippen molar-refractivity contribution in [2.45, 2.75) is 19.3 Å². The van der Waals surface area contributed by atoms with E-state index in [9.17, 15) is 9.59 Å². The largest absolute Gasteiger partial charge is 0.493 e. The van der Waals surface area contributed by atoms with E-state index >= 15 is 0 Å². The molecule has 2 amide bonds. The maximum atomic E-state index is 12.2. The summed E-state index contributed by atoms with van der Waals surface area (Å²) in [6, 6.07) is 5.24. The smallest absolute Gasteiger partial charge is 0.264 e. The topological polar surface area (TPSA) is 91.7 Å². The molecule has 0 spiro atoms. The third-order valence-electron chi connectivity index (χ3n) is 4.21. The summed E-state index contributed by atoms with van der Waals surface area (Å²) in [5.41, 5.74) is 0.754. The van der Waals surface area contributed by atoms with E-state index in [0.717, 1.165) is 43.3 Å². The van der Waals surface area contributed by atoms with Crippen LogP contribution in [0, 0.1) is 5.41 Å². The van der Waals surface area contributed by atoms with Crippen LogP contribution in [-0.2, 0) is 9.59 Å². The van der Waals surface area contributed by atoms with Gasteiger partial charge in [-0.05, 0) is 54.8 Å². The highest BCUT2D eigenvalue weighted by molar-refractivity contribution is 8.18. The number of amidine groups is 1. The number of nitrogens with one attached hydrogen (secondary N) is 2. The Labute approximate surface area is 156 Å². The lowest BCUT2D eigenvalue weighted by molar-refractivity contribution is -0.134. The Morgan fingerprint density at radius 3 is 2.73 bits per heavy atom. The molecule has 0 aliphatic carbocycles. The average Bonchev–Trinajstić information content (AvgIpc) is 2.97. The zero-order valence-corrected chi connectivity index (χ0v) is 15.4. The summed E-state index contributed by atoms with van der Waals surface area (Å²) in [7, 11) is 1.53. The number of ether oxygens (including phenoxy) is 2. The van der Waals surface area contributed by atoms with E-state index in [-0.39, 0.29) is 23.6 Å². The van der Waals surface area contributed by atoms with Crippen LogP contribution in [0.1, 0.15) is 24.8 Å². The van der Waals surface area contributed by atoms with E-state index in [1.165, 1.54) is 13.5 Å². The van der Waals surface area contributed by atoms with Gasteiger partial charge in [0.15, 0.2) is 23.3 Å². The molecule has 2 heterocycles. The van der Waals surface area contributed by atoms with Gasteiger partial charge >= 0.3 is 0 Å². The van der Waals surface area contributed by atoms with E-state index in [1.54, 1.807) is 24.3 Å². The van der Waals surface area contributed by atoms with Gasteiger partial charge < -0.3 is 19.7 Å². The summed E-state index contributed by atoms with van der Waals surface area (Å²) in [5, 5.41) is 10.0. The van der Waals surface area contributed by atoms with Crippen molar-refractivity contribution < 1.29 is 19.1 Å². The van der Waals surface area contributed by atoms with Gasteiger partial charge in [-0.2, -0.15) is 0 Å². The van der Waals surface area contributed by atoms with Crippen molar-refractivity contribution in [1.29, 1.82) is 5.41 Å². The van der Waals surface area contributed by atoms with Crippen molar-refractivity contribution in [3.8, 4) is 11.5 Å². The van der Waals surface area contributed by atoms with E-state index < -0.39 is 0 Å². The highest BCUT2D eigenvalue weighted by Crippen LogP contribution is 2.31. The first-order valence-electron chi connectivity index (χ1n) is 8.45. The zero-order chi connectivity index (χ0) is 18.5. The summed E-state index contributed by atoms with van der Waals surface area (Å²) in [6.45, 7) is 1.56. The molecule has 1 aromatic rings. The summed E-state index contributed by atoms with van der Waals surface area (Å²) < 4.78 is 11.0. The predicted octanol–water partition coefficient (Wildman–Crippen LogP) is 2.23. The maximum absolute atomic E-state index is 12.2. The minimum absolute atomic E-state index is 0.0181. The van der Waals surface area contributed by atoms with E-state index in [0.29, 0.717) is 16.4 Å². The Balaban J connectivity index is 1.67. The van der Waals surface area contributed by atoms with Crippen LogP contribution in [0.5, 0.6) is 11.5 Å². The van der Waals surface area contributed by atoms with Crippen molar-refractivity contribution in [3.05, 3.63) is 28.7 Å². The van der Waals surface area contributed by atoms with Crippen LogP contribution in [-0.4, -0.2) is 48.7 Å². The number of nitrogens with zero attached hydrogens (tertiary/aromatic N) is 1. The van der Waals surface area contributed by atoms with Gasteiger partial charge in [-0.1, -0.05) is 6.07 Å². The van der Waals surface area contributed by atoms with E-state index in [4.69, 9.17) is 14.9 Å². The molecule has 8 heteroatoms. The molecule has 0 bridgehead atoms. The van der Waals surface area contributed by atoms with Crippen molar-refractivity contribution in [3.63, 3.8) is 0 Å². The molecule has 2 aliphatic heterocycles. The second-order valence-electron chi connectivity index (χ2n) is 6.03. The molecular weight excluding hydrogens is 354 g/mol. The number of hydrogen-bond donors (Lipinski definition) is 2. The molecule has 7 nitrogen and oxygen atoms in total. The SMILES string of the molecule is COc1cc(/C=C2\SC(=N)NC2=O)ccc1OCC(=O)N1CCCCC1. The fourth-order valence-electron chi connectivity index (χ4n) is 2.86. The van der Waals surface area contributed by atoms with E-state index in [1.807, 2.05) is 4.90 Å². The van der Waals surface area contributed by atoms with Gasteiger partial charge in [0, 0.05) is 13.1 Å². The van der Waals surface area contributed by atoms with Crippen LogP contribution in [0.15, 0.2) is 23.1 Å². The lowest BCUT2D eigenvalue weighted by atomic mass is 10.1. The first-order chi connectivity index (χ1) is 12.6. The second kappa shape index (κ2) is 8.27. The van der Waals surface area contributed by atoms with Crippen LogP contribution < -0.4 is 14.8 Å². The Bertz CT molecular complexity index is 757. The summed E-state index contributed by atoms with van der Waals surface area (Å²) >= 11 is 1.08. The molecule has 2 fully saturated rings. The van der Waals surface area contributed by atoms with Gasteiger partial charge in [-0.3, -0.25) is 15.0 Å². The Hall–Kier alpha value is -2.48. The fraction of sp³-hybridized carbons (Fsp3) is 0.389. The number of carbonyl (C=O) groups excluding carboxylic acids is 2. The van der Waals surface area contributed by atoms with Gasteiger partial charge in [0.2, 0.25) is 0 Å². The molecule has 0 unspecified atom stereocenters. The first kappa shape index (κ1) is 18.3. The third kappa shape index (κ3) is 4.37. The molecule has 2 N–H and O–H groups in total. The predicted molar refractivity (Wildman–Crippen MR) is 100 cm³/mol. The number of amides is 2. The third-order valence-corrected chi connectivity index (χ3v) is 5.04. The highest BCUT2D eigenvalue weighted by atomic mass is 32.2. The van der Waals surface area contributed by atoms with Gasteiger partial charge in [-0.15, -0.1) is 0 Å². The Morgan fingerprint density at radius 2 is 2.08 bits per heavy atom. The molecule has 0 radical (unpaired) electrons. The normalized spacial score (nSPS) is 18.8. The van der Waals surface area contributed by atoms with Crippen LogP contribution in [0.3, 0.4) is 0 Å². The molecule has 26 heavy (non-hydrogen) atoms. The monoisotopic (exact) mass is 375 g/mol. The van der Waals surface area contributed by atoms with Gasteiger partial charge in [0.05, 0.1) is 12.0 Å². The lowest BCUT2D eigenvalue weighted by Crippen LogP contribution is -2.38.